The zero-order chi connectivity index (χ0) is 18.4. The van der Waals surface area contributed by atoms with Gasteiger partial charge in [0, 0.05) is 35.3 Å². The van der Waals surface area contributed by atoms with Gasteiger partial charge in [0.15, 0.2) is 5.13 Å². The highest BCUT2D eigenvalue weighted by Gasteiger charge is 2.08. The molecule has 6 nitrogen and oxygen atoms in total. The fourth-order valence-corrected chi connectivity index (χ4v) is 3.24. The minimum absolute atomic E-state index is 0.0397. The first-order valence-corrected chi connectivity index (χ1v) is 9.35. The molecule has 0 aliphatic carbocycles. The number of benzene rings is 1. The van der Waals surface area contributed by atoms with Crippen molar-refractivity contribution in [2.24, 2.45) is 0 Å². The SMILES string of the molecule is Cc1cc(C)nc(NCCCC(=O)Nc2nc(-c3ccccc3)cs2)n1. The van der Waals surface area contributed by atoms with Crippen molar-refractivity contribution in [3.8, 4) is 11.3 Å². The number of carbonyl (C=O) groups is 1. The molecule has 0 aliphatic rings. The van der Waals surface area contributed by atoms with E-state index in [0.29, 0.717) is 30.5 Å². The first-order valence-electron chi connectivity index (χ1n) is 8.47. The number of aromatic nitrogens is 3. The Bertz CT molecular complexity index is 858. The van der Waals surface area contributed by atoms with Crippen LogP contribution in [-0.2, 0) is 4.79 Å². The molecule has 0 unspecified atom stereocenters. The van der Waals surface area contributed by atoms with Crippen LogP contribution in [0.3, 0.4) is 0 Å². The molecule has 3 rings (SSSR count). The Balaban J connectivity index is 1.44. The Morgan fingerprint density at radius 1 is 1.08 bits per heavy atom. The number of nitrogens with zero attached hydrogens (tertiary/aromatic N) is 3. The van der Waals surface area contributed by atoms with E-state index in [1.165, 1.54) is 11.3 Å². The van der Waals surface area contributed by atoms with Gasteiger partial charge in [0.05, 0.1) is 5.69 Å². The van der Waals surface area contributed by atoms with E-state index in [9.17, 15) is 4.79 Å². The molecule has 0 saturated heterocycles. The van der Waals surface area contributed by atoms with Gasteiger partial charge in [-0.25, -0.2) is 15.0 Å². The molecule has 0 fully saturated rings. The highest BCUT2D eigenvalue weighted by atomic mass is 32.1. The van der Waals surface area contributed by atoms with Gasteiger partial charge in [0.25, 0.3) is 0 Å². The monoisotopic (exact) mass is 367 g/mol. The highest BCUT2D eigenvalue weighted by molar-refractivity contribution is 7.14. The fraction of sp³-hybridized carbons (Fsp3) is 0.263. The number of hydrogen-bond acceptors (Lipinski definition) is 6. The van der Waals surface area contributed by atoms with Gasteiger partial charge in [-0.3, -0.25) is 4.79 Å². The number of aryl methyl sites for hydroxylation is 2. The number of anilines is 2. The molecular weight excluding hydrogens is 346 g/mol. The maximum Gasteiger partial charge on any atom is 0.226 e. The molecule has 0 radical (unpaired) electrons. The van der Waals surface area contributed by atoms with E-state index >= 15 is 0 Å². The summed E-state index contributed by atoms with van der Waals surface area (Å²) < 4.78 is 0. The topological polar surface area (TPSA) is 79.8 Å². The first-order chi connectivity index (χ1) is 12.6. The summed E-state index contributed by atoms with van der Waals surface area (Å²) in [5, 5.41) is 8.59. The highest BCUT2D eigenvalue weighted by Crippen LogP contribution is 2.24. The lowest BCUT2D eigenvalue weighted by molar-refractivity contribution is -0.116. The number of rotatable bonds is 7. The molecule has 0 saturated carbocycles. The normalized spacial score (nSPS) is 10.5. The molecular formula is C19H21N5OS. The third kappa shape index (κ3) is 5.10. The third-order valence-corrected chi connectivity index (χ3v) is 4.42. The maximum absolute atomic E-state index is 12.1. The zero-order valence-corrected chi connectivity index (χ0v) is 15.6. The predicted molar refractivity (Wildman–Crippen MR) is 105 cm³/mol. The van der Waals surface area contributed by atoms with Crippen LogP contribution >= 0.6 is 11.3 Å². The van der Waals surface area contributed by atoms with Crippen LogP contribution in [0.25, 0.3) is 11.3 Å². The molecule has 0 atom stereocenters. The van der Waals surface area contributed by atoms with Crippen LogP contribution in [0.2, 0.25) is 0 Å². The number of hydrogen-bond donors (Lipinski definition) is 2. The molecule has 0 aliphatic heterocycles. The quantitative estimate of drug-likeness (QED) is 0.616. The molecule has 1 aromatic carbocycles. The predicted octanol–water partition coefficient (Wildman–Crippen LogP) is 4.05. The summed E-state index contributed by atoms with van der Waals surface area (Å²) in [6.45, 7) is 4.51. The molecule has 2 heterocycles. The van der Waals surface area contributed by atoms with E-state index in [-0.39, 0.29) is 5.91 Å². The van der Waals surface area contributed by atoms with E-state index in [4.69, 9.17) is 0 Å². The summed E-state index contributed by atoms with van der Waals surface area (Å²) >= 11 is 1.43. The van der Waals surface area contributed by atoms with Crippen LogP contribution < -0.4 is 10.6 Å². The van der Waals surface area contributed by atoms with Crippen molar-refractivity contribution in [1.82, 2.24) is 15.0 Å². The second-order valence-corrected chi connectivity index (χ2v) is 6.81. The van der Waals surface area contributed by atoms with E-state index < -0.39 is 0 Å². The lowest BCUT2D eigenvalue weighted by atomic mass is 10.2. The smallest absolute Gasteiger partial charge is 0.226 e. The molecule has 3 aromatic rings. The Morgan fingerprint density at radius 3 is 2.54 bits per heavy atom. The first kappa shape index (κ1) is 18.0. The Morgan fingerprint density at radius 2 is 1.81 bits per heavy atom. The van der Waals surface area contributed by atoms with Crippen molar-refractivity contribution in [2.45, 2.75) is 26.7 Å². The maximum atomic E-state index is 12.1. The van der Waals surface area contributed by atoms with E-state index in [1.54, 1.807) is 0 Å². The van der Waals surface area contributed by atoms with Crippen molar-refractivity contribution in [1.29, 1.82) is 0 Å². The van der Waals surface area contributed by atoms with Crippen molar-refractivity contribution < 1.29 is 4.79 Å². The molecule has 1 amide bonds. The largest absolute Gasteiger partial charge is 0.354 e. The van der Waals surface area contributed by atoms with E-state index in [2.05, 4.69) is 25.6 Å². The van der Waals surface area contributed by atoms with Crippen LogP contribution in [0.15, 0.2) is 41.8 Å². The Hall–Kier alpha value is -2.80. The molecule has 7 heteroatoms. The van der Waals surface area contributed by atoms with Crippen LogP contribution in [0.5, 0.6) is 0 Å². The second kappa shape index (κ2) is 8.53. The average Bonchev–Trinajstić information content (AvgIpc) is 3.07. The molecule has 2 aromatic heterocycles. The lowest BCUT2D eigenvalue weighted by Gasteiger charge is -2.06. The van der Waals surface area contributed by atoms with Gasteiger partial charge in [0.2, 0.25) is 11.9 Å². The van der Waals surface area contributed by atoms with Crippen LogP contribution in [0, 0.1) is 13.8 Å². The van der Waals surface area contributed by atoms with Crippen molar-refractivity contribution >= 4 is 28.3 Å². The zero-order valence-electron chi connectivity index (χ0n) is 14.8. The minimum Gasteiger partial charge on any atom is -0.354 e. The van der Waals surface area contributed by atoms with E-state index in [1.807, 2.05) is 55.6 Å². The second-order valence-electron chi connectivity index (χ2n) is 5.96. The van der Waals surface area contributed by atoms with E-state index in [0.717, 1.165) is 22.6 Å². The number of amides is 1. The molecule has 2 N–H and O–H groups in total. The van der Waals surface area contributed by atoms with Gasteiger partial charge >= 0.3 is 0 Å². The Kier molecular flexibility index (Phi) is 5.91. The van der Waals surface area contributed by atoms with Crippen LogP contribution in [0.1, 0.15) is 24.2 Å². The van der Waals surface area contributed by atoms with Crippen LogP contribution in [-0.4, -0.2) is 27.4 Å². The van der Waals surface area contributed by atoms with Crippen molar-refractivity contribution in [2.75, 3.05) is 17.2 Å². The van der Waals surface area contributed by atoms with Gasteiger partial charge in [-0.1, -0.05) is 30.3 Å². The molecule has 26 heavy (non-hydrogen) atoms. The molecule has 0 bridgehead atoms. The summed E-state index contributed by atoms with van der Waals surface area (Å²) in [5.74, 6) is 0.567. The van der Waals surface area contributed by atoms with Gasteiger partial charge in [-0.15, -0.1) is 11.3 Å². The number of thiazole rings is 1. The summed E-state index contributed by atoms with van der Waals surface area (Å²) in [5.41, 5.74) is 3.77. The average molecular weight is 367 g/mol. The number of carbonyl (C=O) groups excluding carboxylic acids is 1. The van der Waals surface area contributed by atoms with Gasteiger partial charge in [-0.05, 0) is 26.3 Å². The van der Waals surface area contributed by atoms with Crippen molar-refractivity contribution in [3.63, 3.8) is 0 Å². The third-order valence-electron chi connectivity index (χ3n) is 3.67. The summed E-state index contributed by atoms with van der Waals surface area (Å²) in [7, 11) is 0. The van der Waals surface area contributed by atoms with Crippen molar-refractivity contribution in [3.05, 3.63) is 53.2 Å². The number of nitrogens with one attached hydrogen (secondary N) is 2. The summed E-state index contributed by atoms with van der Waals surface area (Å²) in [6.07, 6.45) is 1.11. The Labute approximate surface area is 156 Å². The minimum atomic E-state index is -0.0397. The standard InChI is InChI=1S/C19H21N5OS/c1-13-11-14(2)22-18(21-13)20-10-6-9-17(25)24-19-23-16(12-26-19)15-7-4-3-5-8-15/h3-5,7-8,11-12H,6,9-10H2,1-2H3,(H,20,21,22)(H,23,24,25). The molecule has 0 spiro atoms. The van der Waals surface area contributed by atoms with Gasteiger partial charge in [0.1, 0.15) is 0 Å². The fourth-order valence-electron chi connectivity index (χ4n) is 2.51. The van der Waals surface area contributed by atoms with Crippen LogP contribution in [0.4, 0.5) is 11.1 Å². The molecule has 134 valence electrons. The summed E-state index contributed by atoms with van der Waals surface area (Å²) in [6, 6.07) is 11.8. The summed E-state index contributed by atoms with van der Waals surface area (Å²) in [4.78, 5) is 25.2. The van der Waals surface area contributed by atoms with Gasteiger partial charge < -0.3 is 10.6 Å². The lowest BCUT2D eigenvalue weighted by Crippen LogP contribution is -2.14. The van der Waals surface area contributed by atoms with Gasteiger partial charge in [-0.2, -0.15) is 0 Å².